The van der Waals surface area contributed by atoms with Crippen molar-refractivity contribution in [1.29, 1.82) is 0 Å². The van der Waals surface area contributed by atoms with Gasteiger partial charge in [-0.25, -0.2) is 0 Å². The Labute approximate surface area is 46.0 Å². The van der Waals surface area contributed by atoms with E-state index in [0.717, 1.165) is 6.42 Å². The van der Waals surface area contributed by atoms with E-state index < -0.39 is 0 Å². The highest BCUT2D eigenvalue weighted by molar-refractivity contribution is 6.12. The molecule has 0 heterocycles. The summed E-state index contributed by atoms with van der Waals surface area (Å²) in [4.78, 5) is 0. The lowest BCUT2D eigenvalue weighted by molar-refractivity contribution is 0.853. The quantitative estimate of drug-likeness (QED) is 0.400. The molecule has 0 aromatic rings. The molecule has 0 aromatic heterocycles. The SMILES string of the molecule is [B]C(C=C)CCN. The summed E-state index contributed by atoms with van der Waals surface area (Å²) in [5.74, 6) is 0.0880. The molecule has 0 aliphatic heterocycles. The first-order valence-corrected chi connectivity index (χ1v) is 2.39. The molecule has 1 unspecified atom stereocenters. The molecule has 0 aliphatic rings. The van der Waals surface area contributed by atoms with Crippen molar-refractivity contribution in [2.45, 2.75) is 12.2 Å². The summed E-state index contributed by atoms with van der Waals surface area (Å²) in [7, 11) is 5.39. The summed E-state index contributed by atoms with van der Waals surface area (Å²) in [5.41, 5.74) is 5.18. The first kappa shape index (κ1) is 6.76. The summed E-state index contributed by atoms with van der Waals surface area (Å²) in [6, 6.07) is 0. The molecule has 2 radical (unpaired) electrons. The normalized spacial score (nSPS) is 13.3. The molecule has 0 saturated heterocycles. The van der Waals surface area contributed by atoms with Gasteiger partial charge in [-0.3, -0.25) is 0 Å². The van der Waals surface area contributed by atoms with Crippen LogP contribution in [0.2, 0.25) is 5.82 Å². The van der Waals surface area contributed by atoms with Gasteiger partial charge in [-0.1, -0.05) is 11.9 Å². The summed E-state index contributed by atoms with van der Waals surface area (Å²) in [5, 5.41) is 0. The van der Waals surface area contributed by atoms with Crippen molar-refractivity contribution in [2.75, 3.05) is 6.54 Å². The Kier molecular flexibility index (Phi) is 3.81. The van der Waals surface area contributed by atoms with E-state index in [-0.39, 0.29) is 5.82 Å². The molecule has 0 aromatic carbocycles. The summed E-state index contributed by atoms with van der Waals surface area (Å²) >= 11 is 0. The summed E-state index contributed by atoms with van der Waals surface area (Å²) in [6.07, 6.45) is 2.54. The molecule has 0 bridgehead atoms. The van der Waals surface area contributed by atoms with Crippen molar-refractivity contribution in [1.82, 2.24) is 0 Å². The minimum atomic E-state index is 0.0880. The third-order valence-corrected chi connectivity index (χ3v) is 0.803. The topological polar surface area (TPSA) is 26.0 Å². The molecular formula is C5H10BN. The lowest BCUT2D eigenvalue weighted by Crippen LogP contribution is -2.01. The first-order valence-electron chi connectivity index (χ1n) is 2.39. The molecule has 1 atom stereocenters. The molecule has 38 valence electrons. The second kappa shape index (κ2) is 3.94. The van der Waals surface area contributed by atoms with Gasteiger partial charge in [0.05, 0.1) is 7.85 Å². The highest BCUT2D eigenvalue weighted by atomic mass is 14.5. The lowest BCUT2D eigenvalue weighted by atomic mass is 9.85. The third-order valence-electron chi connectivity index (χ3n) is 0.803. The van der Waals surface area contributed by atoms with E-state index in [9.17, 15) is 0 Å². The number of hydrogen-bond acceptors (Lipinski definition) is 1. The molecule has 2 N–H and O–H groups in total. The fourth-order valence-electron chi connectivity index (χ4n) is 0.310. The average molecular weight is 95.0 g/mol. The van der Waals surface area contributed by atoms with Gasteiger partial charge in [0.2, 0.25) is 0 Å². The van der Waals surface area contributed by atoms with Gasteiger partial charge in [-0.05, 0) is 13.0 Å². The van der Waals surface area contributed by atoms with Gasteiger partial charge < -0.3 is 5.73 Å². The Morgan fingerprint density at radius 1 is 1.86 bits per heavy atom. The predicted octanol–water partition coefficient (Wildman–Crippen LogP) is 0.478. The molecular weight excluding hydrogens is 84.9 g/mol. The number of hydrogen-bond donors (Lipinski definition) is 1. The van der Waals surface area contributed by atoms with E-state index in [2.05, 4.69) is 6.58 Å². The monoisotopic (exact) mass is 95.1 g/mol. The van der Waals surface area contributed by atoms with E-state index >= 15 is 0 Å². The van der Waals surface area contributed by atoms with E-state index in [4.69, 9.17) is 13.6 Å². The standard InChI is InChI=1S/C5H10BN/c1-2-5(6)3-4-7/h2,5H,1,3-4,7H2. The third kappa shape index (κ3) is 3.60. The van der Waals surface area contributed by atoms with Crippen LogP contribution in [-0.4, -0.2) is 14.4 Å². The average Bonchev–Trinajstić information content (AvgIpc) is 1.68. The Bertz CT molecular complexity index is 54.0. The van der Waals surface area contributed by atoms with E-state index in [1.54, 1.807) is 6.08 Å². The maximum Gasteiger partial charge on any atom is 0.0755 e. The molecule has 0 aliphatic carbocycles. The van der Waals surface area contributed by atoms with Gasteiger partial charge in [0.25, 0.3) is 0 Å². The Balaban J connectivity index is 2.98. The second-order valence-electron chi connectivity index (χ2n) is 1.48. The minimum absolute atomic E-state index is 0.0880. The van der Waals surface area contributed by atoms with Crippen LogP contribution in [0, 0.1) is 0 Å². The largest absolute Gasteiger partial charge is 0.330 e. The van der Waals surface area contributed by atoms with E-state index in [1.807, 2.05) is 0 Å². The molecule has 2 heteroatoms. The van der Waals surface area contributed by atoms with Crippen LogP contribution in [-0.2, 0) is 0 Å². The van der Waals surface area contributed by atoms with Crippen LogP contribution in [0.3, 0.4) is 0 Å². The molecule has 0 rings (SSSR count). The molecule has 1 nitrogen and oxygen atoms in total. The fraction of sp³-hybridized carbons (Fsp3) is 0.600. The fourth-order valence-corrected chi connectivity index (χ4v) is 0.310. The van der Waals surface area contributed by atoms with Gasteiger partial charge in [0, 0.05) is 0 Å². The number of nitrogens with two attached hydrogens (primary N) is 1. The molecule has 0 amide bonds. The van der Waals surface area contributed by atoms with Crippen molar-refractivity contribution in [3.05, 3.63) is 12.7 Å². The van der Waals surface area contributed by atoms with E-state index in [0.29, 0.717) is 6.54 Å². The number of allylic oxidation sites excluding steroid dienone is 1. The van der Waals surface area contributed by atoms with Crippen LogP contribution in [0.4, 0.5) is 0 Å². The zero-order valence-corrected chi connectivity index (χ0v) is 4.43. The van der Waals surface area contributed by atoms with Crippen LogP contribution < -0.4 is 5.73 Å². The van der Waals surface area contributed by atoms with Gasteiger partial charge in [0.1, 0.15) is 0 Å². The highest BCUT2D eigenvalue weighted by Gasteiger charge is 1.89. The smallest absolute Gasteiger partial charge is 0.0755 e. The van der Waals surface area contributed by atoms with Gasteiger partial charge in [-0.15, -0.1) is 6.58 Å². The van der Waals surface area contributed by atoms with Gasteiger partial charge in [0.15, 0.2) is 0 Å². The zero-order chi connectivity index (χ0) is 5.70. The van der Waals surface area contributed by atoms with Gasteiger partial charge in [-0.2, -0.15) is 0 Å². The summed E-state index contributed by atoms with van der Waals surface area (Å²) in [6.45, 7) is 4.14. The maximum absolute atomic E-state index is 5.39. The Morgan fingerprint density at radius 3 is 2.57 bits per heavy atom. The Hall–Kier alpha value is -0.235. The highest BCUT2D eigenvalue weighted by Crippen LogP contribution is 2.01. The van der Waals surface area contributed by atoms with Crippen LogP contribution in [0.5, 0.6) is 0 Å². The maximum atomic E-state index is 5.39. The van der Waals surface area contributed by atoms with Crippen molar-refractivity contribution >= 4 is 7.85 Å². The van der Waals surface area contributed by atoms with Gasteiger partial charge >= 0.3 is 0 Å². The van der Waals surface area contributed by atoms with Crippen LogP contribution in [0.1, 0.15) is 6.42 Å². The molecule has 7 heavy (non-hydrogen) atoms. The van der Waals surface area contributed by atoms with Crippen molar-refractivity contribution in [3.8, 4) is 0 Å². The van der Waals surface area contributed by atoms with Crippen LogP contribution in [0.25, 0.3) is 0 Å². The molecule has 0 fully saturated rings. The second-order valence-corrected chi connectivity index (χ2v) is 1.48. The molecule has 0 spiro atoms. The Morgan fingerprint density at radius 2 is 2.43 bits per heavy atom. The van der Waals surface area contributed by atoms with Crippen molar-refractivity contribution in [2.24, 2.45) is 5.73 Å². The van der Waals surface area contributed by atoms with Crippen LogP contribution >= 0.6 is 0 Å². The minimum Gasteiger partial charge on any atom is -0.330 e. The lowest BCUT2D eigenvalue weighted by Gasteiger charge is -1.98. The predicted molar refractivity (Wildman–Crippen MR) is 33.4 cm³/mol. The van der Waals surface area contributed by atoms with Crippen molar-refractivity contribution < 1.29 is 0 Å². The number of rotatable bonds is 3. The molecule has 0 saturated carbocycles. The first-order chi connectivity index (χ1) is 3.31. The summed E-state index contributed by atoms with van der Waals surface area (Å²) < 4.78 is 0. The van der Waals surface area contributed by atoms with E-state index in [1.165, 1.54) is 0 Å². The van der Waals surface area contributed by atoms with Crippen molar-refractivity contribution in [3.63, 3.8) is 0 Å². The van der Waals surface area contributed by atoms with Crippen LogP contribution in [0.15, 0.2) is 12.7 Å². The zero-order valence-electron chi connectivity index (χ0n) is 4.43.